The standard InChI is InChI=1S/C5H6N2O3S2/c8-5-6-12(9,10)3-4-7(5)1-2-11-4/h1-3H2/p+1. The van der Waals surface area contributed by atoms with Crippen molar-refractivity contribution in [3.8, 4) is 0 Å². The highest BCUT2D eigenvalue weighted by atomic mass is 32.2. The summed E-state index contributed by atoms with van der Waals surface area (Å²) in [6, 6.07) is -0.513. The molecule has 66 valence electrons. The van der Waals surface area contributed by atoms with Gasteiger partial charge < -0.3 is 0 Å². The van der Waals surface area contributed by atoms with E-state index in [-0.39, 0.29) is 5.75 Å². The Balaban J connectivity index is 2.44. The molecule has 0 fully saturated rings. The molecule has 2 aliphatic heterocycles. The molecule has 0 saturated heterocycles. The van der Waals surface area contributed by atoms with Crippen LogP contribution >= 0.6 is 11.8 Å². The van der Waals surface area contributed by atoms with Crippen LogP contribution in [-0.2, 0) is 10.0 Å². The maximum atomic E-state index is 11.1. The number of hydrogen-bond donors (Lipinski definition) is 1. The number of nitrogens with zero attached hydrogens (tertiary/aromatic N) is 1. The first-order valence-electron chi connectivity index (χ1n) is 3.39. The van der Waals surface area contributed by atoms with E-state index in [9.17, 15) is 13.2 Å². The number of hydrogen-bond acceptors (Lipinski definition) is 4. The van der Waals surface area contributed by atoms with Gasteiger partial charge in [0, 0.05) is 5.75 Å². The van der Waals surface area contributed by atoms with Gasteiger partial charge in [0.25, 0.3) is 0 Å². The lowest BCUT2D eigenvalue weighted by Gasteiger charge is -2.07. The fourth-order valence-corrected chi connectivity index (χ4v) is 3.75. The van der Waals surface area contributed by atoms with Crippen molar-refractivity contribution in [1.82, 2.24) is 4.72 Å². The molecule has 0 atom stereocenters. The third-order valence-corrected chi connectivity index (χ3v) is 4.09. The van der Waals surface area contributed by atoms with E-state index in [2.05, 4.69) is 0 Å². The Hall–Kier alpha value is -0.560. The van der Waals surface area contributed by atoms with E-state index in [1.54, 1.807) is 0 Å². The van der Waals surface area contributed by atoms with E-state index < -0.39 is 16.1 Å². The summed E-state index contributed by atoms with van der Waals surface area (Å²) in [5.41, 5.74) is 0. The van der Waals surface area contributed by atoms with Crippen LogP contribution in [0.4, 0.5) is 4.79 Å². The van der Waals surface area contributed by atoms with E-state index in [0.29, 0.717) is 11.6 Å². The lowest BCUT2D eigenvalue weighted by atomic mass is 10.6. The first-order valence-corrected chi connectivity index (χ1v) is 6.03. The molecule has 0 spiro atoms. The summed E-state index contributed by atoms with van der Waals surface area (Å²) in [5, 5.41) is 0.652. The number of rotatable bonds is 0. The molecule has 0 aromatic heterocycles. The zero-order chi connectivity index (χ0) is 8.77. The van der Waals surface area contributed by atoms with Crippen LogP contribution < -0.4 is 4.72 Å². The molecule has 2 heterocycles. The van der Waals surface area contributed by atoms with Gasteiger partial charge in [0.2, 0.25) is 0 Å². The molecule has 2 rings (SSSR count). The molecule has 12 heavy (non-hydrogen) atoms. The number of carbonyl (C=O) groups excluding carboxylic acids is 1. The smallest absolute Gasteiger partial charge is 0.196 e. The fraction of sp³-hybridized carbons (Fsp3) is 0.600. The van der Waals surface area contributed by atoms with Crippen LogP contribution in [0.5, 0.6) is 0 Å². The van der Waals surface area contributed by atoms with Gasteiger partial charge >= 0.3 is 16.1 Å². The maximum absolute atomic E-state index is 11.1. The summed E-state index contributed by atoms with van der Waals surface area (Å²) in [4.78, 5) is 11.1. The molecule has 0 unspecified atom stereocenters. The number of sulfonamides is 1. The van der Waals surface area contributed by atoms with Crippen molar-refractivity contribution < 1.29 is 17.8 Å². The van der Waals surface area contributed by atoms with Crippen LogP contribution in [0.3, 0.4) is 0 Å². The average Bonchev–Trinajstić information content (AvgIpc) is 2.31. The summed E-state index contributed by atoms with van der Waals surface area (Å²) in [6.07, 6.45) is 0. The molecule has 0 aliphatic carbocycles. The van der Waals surface area contributed by atoms with Gasteiger partial charge in [0.05, 0.1) is 0 Å². The highest BCUT2D eigenvalue weighted by Crippen LogP contribution is 2.16. The molecule has 2 amide bonds. The predicted octanol–water partition coefficient (Wildman–Crippen LogP) is -0.803. The quantitative estimate of drug-likeness (QED) is 0.528. The monoisotopic (exact) mass is 207 g/mol. The van der Waals surface area contributed by atoms with Gasteiger partial charge in [-0.3, -0.25) is 0 Å². The predicted molar refractivity (Wildman–Crippen MR) is 44.9 cm³/mol. The summed E-state index contributed by atoms with van der Waals surface area (Å²) in [7, 11) is -3.39. The fourth-order valence-electron chi connectivity index (χ4n) is 1.18. The molecule has 1 N–H and O–H groups in total. The Kier molecular flexibility index (Phi) is 1.65. The number of thioether (sulfide) groups is 1. The topological polar surface area (TPSA) is 66.2 Å². The molecule has 0 saturated carbocycles. The summed E-state index contributed by atoms with van der Waals surface area (Å²) in [5.74, 6) is 0.738. The van der Waals surface area contributed by atoms with E-state index in [1.165, 1.54) is 16.3 Å². The van der Waals surface area contributed by atoms with E-state index in [0.717, 1.165) is 5.75 Å². The van der Waals surface area contributed by atoms with Crippen molar-refractivity contribution in [2.75, 3.05) is 18.1 Å². The van der Waals surface area contributed by atoms with Crippen molar-refractivity contribution >= 4 is 32.9 Å². The Morgan fingerprint density at radius 3 is 3.00 bits per heavy atom. The van der Waals surface area contributed by atoms with Gasteiger partial charge in [0.15, 0.2) is 10.8 Å². The third kappa shape index (κ3) is 1.22. The number of amides is 2. The van der Waals surface area contributed by atoms with Gasteiger partial charge in [-0.25, -0.2) is 0 Å². The van der Waals surface area contributed by atoms with Gasteiger partial charge in [-0.05, 0) is 0 Å². The molecule has 0 bridgehead atoms. The van der Waals surface area contributed by atoms with Crippen LogP contribution in [0.15, 0.2) is 0 Å². The lowest BCUT2D eigenvalue weighted by molar-refractivity contribution is -0.416. The zero-order valence-corrected chi connectivity index (χ0v) is 7.74. The van der Waals surface area contributed by atoms with Gasteiger partial charge in [0.1, 0.15) is 6.54 Å². The molecular weight excluding hydrogens is 200 g/mol. The van der Waals surface area contributed by atoms with Gasteiger partial charge in [-0.2, -0.15) is 17.8 Å². The summed E-state index contributed by atoms with van der Waals surface area (Å²) in [6.45, 7) is 0.612. The van der Waals surface area contributed by atoms with E-state index >= 15 is 0 Å². The second-order valence-corrected chi connectivity index (χ2v) is 5.45. The molecule has 2 aliphatic rings. The molecule has 0 radical (unpaired) electrons. The second-order valence-electron chi connectivity index (χ2n) is 2.56. The van der Waals surface area contributed by atoms with Crippen molar-refractivity contribution in [3.63, 3.8) is 0 Å². The van der Waals surface area contributed by atoms with Crippen LogP contribution in [0.2, 0.25) is 0 Å². The van der Waals surface area contributed by atoms with Crippen molar-refractivity contribution in [2.45, 2.75) is 0 Å². The maximum Gasteiger partial charge on any atom is 0.507 e. The summed E-state index contributed by atoms with van der Waals surface area (Å²) >= 11 is 1.43. The largest absolute Gasteiger partial charge is 0.507 e. The lowest BCUT2D eigenvalue weighted by Crippen LogP contribution is -2.46. The highest BCUT2D eigenvalue weighted by molar-refractivity contribution is 8.15. The molecule has 0 aromatic carbocycles. The second kappa shape index (κ2) is 2.46. The Bertz CT molecular complexity index is 370. The Morgan fingerprint density at radius 2 is 2.25 bits per heavy atom. The SMILES string of the molecule is O=C1NS(=O)(=O)CC2=[N+]1CCS2. The van der Waals surface area contributed by atoms with Crippen molar-refractivity contribution in [1.29, 1.82) is 0 Å². The third-order valence-electron chi connectivity index (χ3n) is 1.69. The first kappa shape index (κ1) is 8.06. The minimum atomic E-state index is -3.39. The molecular formula is C5H7N2O3S2+. The number of nitrogens with one attached hydrogen (secondary N) is 1. The Morgan fingerprint density at radius 1 is 1.50 bits per heavy atom. The number of urea groups is 1. The van der Waals surface area contributed by atoms with Gasteiger partial charge in [-0.15, -0.1) is 4.72 Å². The zero-order valence-electron chi connectivity index (χ0n) is 6.11. The average molecular weight is 207 g/mol. The van der Waals surface area contributed by atoms with Crippen LogP contribution in [0, 0.1) is 0 Å². The van der Waals surface area contributed by atoms with E-state index in [4.69, 9.17) is 0 Å². The summed E-state index contributed by atoms with van der Waals surface area (Å²) < 4.78 is 25.5. The molecule has 0 aromatic rings. The van der Waals surface area contributed by atoms with Crippen molar-refractivity contribution in [2.24, 2.45) is 0 Å². The molecule has 7 heteroatoms. The number of carbonyl (C=O) groups is 1. The first-order chi connectivity index (χ1) is 5.58. The minimum absolute atomic E-state index is 0.0522. The van der Waals surface area contributed by atoms with Crippen LogP contribution in [0.25, 0.3) is 0 Å². The van der Waals surface area contributed by atoms with Gasteiger partial charge in [-0.1, -0.05) is 11.8 Å². The van der Waals surface area contributed by atoms with Crippen LogP contribution in [0.1, 0.15) is 0 Å². The van der Waals surface area contributed by atoms with E-state index in [1.807, 2.05) is 4.72 Å². The normalized spacial score (nSPS) is 26.8. The minimum Gasteiger partial charge on any atom is -0.196 e. The van der Waals surface area contributed by atoms with Crippen LogP contribution in [-0.4, -0.2) is 42.1 Å². The molecule has 5 nitrogen and oxygen atoms in total. The Labute approximate surface area is 73.9 Å². The highest BCUT2D eigenvalue weighted by Gasteiger charge is 2.39. The van der Waals surface area contributed by atoms with Crippen molar-refractivity contribution in [3.05, 3.63) is 0 Å².